The first kappa shape index (κ1) is 21.3. The number of carbonyl (C=O) groups excluding carboxylic acids is 1. The summed E-state index contributed by atoms with van der Waals surface area (Å²) < 4.78 is 61.7. The molecule has 0 bridgehead atoms. The maximum atomic E-state index is 14.3. The van der Waals surface area contributed by atoms with E-state index in [1.165, 1.54) is 20.1 Å². The van der Waals surface area contributed by atoms with E-state index in [1.54, 1.807) is 0 Å². The Hall–Kier alpha value is -2.03. The van der Waals surface area contributed by atoms with Crippen molar-refractivity contribution in [3.05, 3.63) is 23.5 Å². The minimum Gasteiger partial charge on any atom is -0.496 e. The van der Waals surface area contributed by atoms with Gasteiger partial charge in [0.05, 0.1) is 19.8 Å². The minimum atomic E-state index is -4.30. The number of benzene rings is 1. The maximum Gasteiger partial charge on any atom is 0.389 e. The molecule has 1 aromatic rings. The predicted octanol–water partition coefficient (Wildman–Crippen LogP) is 3.17. The van der Waals surface area contributed by atoms with E-state index in [0.717, 1.165) is 25.5 Å². The quantitative estimate of drug-likeness (QED) is 0.668. The summed E-state index contributed by atoms with van der Waals surface area (Å²) in [7, 11) is 1.38. The largest absolute Gasteiger partial charge is 0.496 e. The smallest absolute Gasteiger partial charge is 0.389 e. The Morgan fingerprint density at radius 1 is 1.37 bits per heavy atom. The Morgan fingerprint density at radius 3 is 2.70 bits per heavy atom. The van der Waals surface area contributed by atoms with E-state index in [4.69, 9.17) is 9.47 Å². The number of ether oxygens (including phenoxy) is 2. The van der Waals surface area contributed by atoms with E-state index < -0.39 is 24.3 Å². The van der Waals surface area contributed by atoms with Gasteiger partial charge in [-0.1, -0.05) is 6.92 Å². The Bertz CT molecular complexity index is 646. The summed E-state index contributed by atoms with van der Waals surface area (Å²) in [5.74, 6) is -1.61. The molecule has 1 unspecified atom stereocenters. The van der Waals surface area contributed by atoms with Crippen molar-refractivity contribution in [3.8, 4) is 11.5 Å². The van der Waals surface area contributed by atoms with Crippen molar-refractivity contribution >= 4 is 5.91 Å². The molecule has 1 fully saturated rings. The molecule has 1 aromatic carbocycles. The van der Waals surface area contributed by atoms with Gasteiger partial charge in [0.15, 0.2) is 11.6 Å². The van der Waals surface area contributed by atoms with Gasteiger partial charge in [0.1, 0.15) is 5.75 Å². The molecule has 0 spiro atoms. The van der Waals surface area contributed by atoms with Crippen LogP contribution in [-0.2, 0) is 11.3 Å². The summed E-state index contributed by atoms with van der Waals surface area (Å²) in [4.78, 5) is 12.0. The molecule has 5 nitrogen and oxygen atoms in total. The van der Waals surface area contributed by atoms with Crippen LogP contribution >= 0.6 is 0 Å². The first-order valence-electron chi connectivity index (χ1n) is 8.76. The third-order valence-corrected chi connectivity index (χ3v) is 4.27. The van der Waals surface area contributed by atoms with E-state index in [0.29, 0.717) is 5.56 Å². The van der Waals surface area contributed by atoms with E-state index in [1.807, 2.05) is 0 Å². The van der Waals surface area contributed by atoms with Gasteiger partial charge in [0.25, 0.3) is 0 Å². The maximum absolute atomic E-state index is 14.3. The van der Waals surface area contributed by atoms with Crippen molar-refractivity contribution in [1.82, 2.24) is 10.6 Å². The molecule has 1 saturated heterocycles. The number of methoxy groups -OCH3 is 1. The fourth-order valence-corrected chi connectivity index (χ4v) is 2.91. The average molecular weight is 392 g/mol. The Morgan fingerprint density at radius 2 is 2.11 bits per heavy atom. The normalized spacial score (nSPS) is 18.2. The molecule has 0 saturated carbocycles. The Kier molecular flexibility index (Phi) is 7.29. The van der Waals surface area contributed by atoms with Crippen molar-refractivity contribution in [2.24, 2.45) is 5.92 Å². The molecule has 0 aromatic heterocycles. The molecular formula is C18H24F4N2O3. The van der Waals surface area contributed by atoms with Crippen molar-refractivity contribution in [1.29, 1.82) is 0 Å². The number of alkyl halides is 3. The third-order valence-electron chi connectivity index (χ3n) is 4.27. The highest BCUT2D eigenvalue weighted by atomic mass is 19.4. The van der Waals surface area contributed by atoms with Gasteiger partial charge in [0, 0.05) is 24.6 Å². The van der Waals surface area contributed by atoms with E-state index in [9.17, 15) is 22.4 Å². The molecule has 9 heteroatoms. The summed E-state index contributed by atoms with van der Waals surface area (Å²) >= 11 is 0. The molecular weight excluding hydrogens is 368 g/mol. The van der Waals surface area contributed by atoms with Gasteiger partial charge < -0.3 is 20.1 Å². The van der Waals surface area contributed by atoms with Crippen LogP contribution in [0.2, 0.25) is 0 Å². The molecule has 2 N–H and O–H groups in total. The number of halogens is 4. The van der Waals surface area contributed by atoms with Crippen LogP contribution < -0.4 is 20.1 Å². The van der Waals surface area contributed by atoms with Crippen LogP contribution in [0.25, 0.3) is 0 Å². The molecule has 2 atom stereocenters. The second kappa shape index (κ2) is 9.25. The highest BCUT2D eigenvalue weighted by Crippen LogP contribution is 2.30. The van der Waals surface area contributed by atoms with Gasteiger partial charge >= 0.3 is 6.18 Å². The standard InChI is InChI=1S/C18H24F4N2O3/c1-11(8-18(20,21)22)10-27-16-7-15(26-2)12(6-13(16)19)9-24-17(25)14-4-3-5-23-14/h6-7,11,14,23H,3-5,8-10H2,1-2H3,(H,24,25)/t11?,14-/m0/s1. The SMILES string of the molecule is COc1cc(OCC(C)CC(F)(F)F)c(F)cc1CNC(=O)[C@@H]1CCCN1. The summed E-state index contributed by atoms with van der Waals surface area (Å²) in [6, 6.07) is 2.19. The lowest BCUT2D eigenvalue weighted by molar-refractivity contribution is -0.145. The number of hydrogen-bond donors (Lipinski definition) is 2. The first-order valence-corrected chi connectivity index (χ1v) is 8.76. The zero-order valence-corrected chi connectivity index (χ0v) is 15.3. The van der Waals surface area contributed by atoms with Gasteiger partial charge in [-0.15, -0.1) is 0 Å². The second-order valence-electron chi connectivity index (χ2n) is 6.70. The second-order valence-corrected chi connectivity index (χ2v) is 6.70. The molecule has 1 heterocycles. The zero-order chi connectivity index (χ0) is 20.0. The lowest BCUT2D eigenvalue weighted by atomic mass is 10.1. The summed E-state index contributed by atoms with van der Waals surface area (Å²) in [6.07, 6.45) is -3.63. The van der Waals surface area contributed by atoms with Gasteiger partial charge in [-0.05, 0) is 31.4 Å². The predicted molar refractivity (Wildman–Crippen MR) is 91.2 cm³/mol. The zero-order valence-electron chi connectivity index (χ0n) is 15.3. The van der Waals surface area contributed by atoms with Crippen LogP contribution in [-0.4, -0.2) is 38.4 Å². The highest BCUT2D eigenvalue weighted by Gasteiger charge is 2.30. The Labute approximate surface area is 155 Å². The van der Waals surface area contributed by atoms with E-state index in [-0.39, 0.29) is 36.6 Å². The molecule has 1 amide bonds. The minimum absolute atomic E-state index is 0.0713. The van der Waals surface area contributed by atoms with Crippen molar-refractivity contribution in [2.75, 3.05) is 20.3 Å². The number of nitrogens with one attached hydrogen (secondary N) is 2. The summed E-state index contributed by atoms with van der Waals surface area (Å²) in [5.41, 5.74) is 0.414. The lowest BCUT2D eigenvalue weighted by Gasteiger charge is -2.17. The number of amides is 1. The van der Waals surface area contributed by atoms with Crippen LogP contribution in [0.4, 0.5) is 17.6 Å². The van der Waals surface area contributed by atoms with Crippen molar-refractivity contribution in [3.63, 3.8) is 0 Å². The molecule has 27 heavy (non-hydrogen) atoms. The van der Waals surface area contributed by atoms with Crippen molar-refractivity contribution < 1.29 is 31.8 Å². The fraction of sp³-hybridized carbons (Fsp3) is 0.611. The van der Waals surface area contributed by atoms with Crippen molar-refractivity contribution in [2.45, 2.75) is 44.9 Å². The van der Waals surface area contributed by atoms with Gasteiger partial charge in [-0.25, -0.2) is 4.39 Å². The molecule has 2 rings (SSSR count). The highest BCUT2D eigenvalue weighted by molar-refractivity contribution is 5.82. The summed E-state index contributed by atoms with van der Waals surface area (Å²) in [5, 5.41) is 5.79. The first-order chi connectivity index (χ1) is 12.7. The topological polar surface area (TPSA) is 59.6 Å². The monoisotopic (exact) mass is 392 g/mol. The van der Waals surface area contributed by atoms with E-state index in [2.05, 4.69) is 10.6 Å². The van der Waals surface area contributed by atoms with Crippen LogP contribution in [0.5, 0.6) is 11.5 Å². The molecule has 152 valence electrons. The number of carbonyl (C=O) groups is 1. The van der Waals surface area contributed by atoms with E-state index >= 15 is 0 Å². The van der Waals surface area contributed by atoms with Gasteiger partial charge in [0.2, 0.25) is 5.91 Å². The van der Waals surface area contributed by atoms with Gasteiger partial charge in [-0.2, -0.15) is 13.2 Å². The number of hydrogen-bond acceptors (Lipinski definition) is 4. The molecule has 0 aliphatic carbocycles. The third kappa shape index (κ3) is 6.57. The summed E-state index contributed by atoms with van der Waals surface area (Å²) in [6.45, 7) is 1.96. The average Bonchev–Trinajstić information content (AvgIpc) is 3.11. The van der Waals surface area contributed by atoms with Crippen LogP contribution in [0.15, 0.2) is 12.1 Å². The number of rotatable bonds is 8. The molecule has 1 aliphatic rings. The lowest BCUT2D eigenvalue weighted by Crippen LogP contribution is -2.40. The van der Waals surface area contributed by atoms with Gasteiger partial charge in [-0.3, -0.25) is 4.79 Å². The van der Waals surface area contributed by atoms with Crippen LogP contribution in [0, 0.1) is 11.7 Å². The van der Waals surface area contributed by atoms with Crippen LogP contribution in [0.3, 0.4) is 0 Å². The molecule has 0 radical (unpaired) electrons. The van der Waals surface area contributed by atoms with Crippen LogP contribution in [0.1, 0.15) is 31.7 Å². The fourth-order valence-electron chi connectivity index (χ4n) is 2.91. The Balaban J connectivity index is 1.97. The molecule has 1 aliphatic heterocycles.